The molecule has 1 fully saturated rings. The molecule has 1 aliphatic heterocycles. The Morgan fingerprint density at radius 3 is 2.62 bits per heavy atom. The van der Waals surface area contributed by atoms with Crippen LogP contribution in [-0.4, -0.2) is 36.0 Å². The summed E-state index contributed by atoms with van der Waals surface area (Å²) in [6, 6.07) is 11.4. The van der Waals surface area contributed by atoms with Crippen molar-refractivity contribution in [2.45, 2.75) is 71.4 Å². The Labute approximate surface area is 147 Å². The normalized spacial score (nSPS) is 22.1. The second-order valence-corrected chi connectivity index (χ2v) is 7.24. The van der Waals surface area contributed by atoms with Crippen LogP contribution in [0.5, 0.6) is 0 Å². The maximum absolute atomic E-state index is 13.2. The van der Waals surface area contributed by atoms with Crippen LogP contribution in [0, 0.1) is 5.92 Å². The first-order chi connectivity index (χ1) is 11.7. The Bertz CT molecular complexity index is 488. The minimum Gasteiger partial charge on any atom is -0.339 e. The van der Waals surface area contributed by atoms with Gasteiger partial charge in [-0.25, -0.2) is 0 Å². The average molecular weight is 331 g/mol. The number of nitrogens with one attached hydrogen (secondary N) is 1. The third-order valence-electron chi connectivity index (χ3n) is 5.10. The molecular weight excluding hydrogens is 296 g/mol. The lowest BCUT2D eigenvalue weighted by molar-refractivity contribution is -0.139. The lowest BCUT2D eigenvalue weighted by Gasteiger charge is -2.37. The van der Waals surface area contributed by atoms with Crippen molar-refractivity contribution in [1.82, 2.24) is 10.2 Å². The van der Waals surface area contributed by atoms with E-state index >= 15 is 0 Å². The molecule has 3 atom stereocenters. The number of carbonyl (C=O) groups is 1. The van der Waals surface area contributed by atoms with E-state index in [0.717, 1.165) is 51.6 Å². The second-order valence-electron chi connectivity index (χ2n) is 7.24. The molecule has 1 aromatic rings. The highest BCUT2D eigenvalue weighted by Crippen LogP contribution is 2.23. The molecule has 0 bridgehead atoms. The summed E-state index contributed by atoms with van der Waals surface area (Å²) in [4.78, 5) is 15.4. The molecule has 0 aliphatic carbocycles. The summed E-state index contributed by atoms with van der Waals surface area (Å²) in [7, 11) is 0. The lowest BCUT2D eigenvalue weighted by atomic mass is 9.90. The summed E-state index contributed by atoms with van der Waals surface area (Å²) >= 11 is 0. The summed E-state index contributed by atoms with van der Waals surface area (Å²) < 4.78 is 0. The van der Waals surface area contributed by atoms with E-state index in [1.54, 1.807) is 0 Å². The Hall–Kier alpha value is -1.35. The van der Waals surface area contributed by atoms with E-state index in [1.165, 1.54) is 5.56 Å². The molecule has 0 aromatic heterocycles. The highest BCUT2D eigenvalue weighted by Gasteiger charge is 2.31. The van der Waals surface area contributed by atoms with Crippen LogP contribution in [0.2, 0.25) is 0 Å². The fourth-order valence-corrected chi connectivity index (χ4v) is 3.89. The van der Waals surface area contributed by atoms with Gasteiger partial charge in [-0.2, -0.15) is 0 Å². The fourth-order valence-electron chi connectivity index (χ4n) is 3.89. The van der Waals surface area contributed by atoms with E-state index in [-0.39, 0.29) is 5.92 Å². The number of carbonyl (C=O) groups excluding carboxylic acids is 1. The number of amides is 1. The Morgan fingerprint density at radius 2 is 2.00 bits per heavy atom. The molecule has 134 valence electrons. The smallest absolute Gasteiger partial charge is 0.226 e. The summed E-state index contributed by atoms with van der Waals surface area (Å²) in [5.74, 6) is 0.586. The number of piperidine rings is 1. The van der Waals surface area contributed by atoms with Gasteiger partial charge in [0.25, 0.3) is 0 Å². The summed E-state index contributed by atoms with van der Waals surface area (Å²) in [6.07, 6.45) is 6.16. The van der Waals surface area contributed by atoms with Crippen molar-refractivity contribution >= 4 is 5.91 Å². The number of hydrogen-bond acceptors (Lipinski definition) is 2. The van der Waals surface area contributed by atoms with E-state index in [2.05, 4.69) is 61.3 Å². The lowest BCUT2D eigenvalue weighted by Crippen LogP contribution is -2.48. The zero-order valence-corrected chi connectivity index (χ0v) is 15.6. The molecule has 1 aliphatic rings. The van der Waals surface area contributed by atoms with Gasteiger partial charge in [0.1, 0.15) is 0 Å². The highest BCUT2D eigenvalue weighted by atomic mass is 16.2. The van der Waals surface area contributed by atoms with Gasteiger partial charge in [0.15, 0.2) is 0 Å². The maximum atomic E-state index is 13.2. The highest BCUT2D eigenvalue weighted by molar-refractivity contribution is 5.79. The molecule has 1 saturated heterocycles. The van der Waals surface area contributed by atoms with Gasteiger partial charge >= 0.3 is 0 Å². The maximum Gasteiger partial charge on any atom is 0.226 e. The van der Waals surface area contributed by atoms with Gasteiger partial charge in [-0.15, -0.1) is 0 Å². The van der Waals surface area contributed by atoms with E-state index < -0.39 is 0 Å². The number of hydrogen-bond donors (Lipinski definition) is 1. The molecular formula is C21H34N2O. The Morgan fingerprint density at radius 1 is 1.25 bits per heavy atom. The molecule has 3 nitrogen and oxygen atoms in total. The average Bonchev–Trinajstić information content (AvgIpc) is 2.60. The minimum absolute atomic E-state index is 0.197. The van der Waals surface area contributed by atoms with Crippen LogP contribution >= 0.6 is 0 Å². The van der Waals surface area contributed by atoms with Gasteiger partial charge in [-0.3, -0.25) is 4.79 Å². The molecule has 0 radical (unpaired) electrons. The van der Waals surface area contributed by atoms with Crippen molar-refractivity contribution in [2.75, 3.05) is 13.1 Å². The van der Waals surface area contributed by atoms with Crippen LogP contribution in [0.3, 0.4) is 0 Å². The van der Waals surface area contributed by atoms with Gasteiger partial charge in [0.05, 0.1) is 0 Å². The van der Waals surface area contributed by atoms with Gasteiger partial charge in [-0.1, -0.05) is 50.6 Å². The van der Waals surface area contributed by atoms with Crippen LogP contribution in [0.4, 0.5) is 0 Å². The largest absolute Gasteiger partial charge is 0.339 e. The van der Waals surface area contributed by atoms with E-state index in [9.17, 15) is 4.79 Å². The molecule has 1 unspecified atom stereocenters. The van der Waals surface area contributed by atoms with E-state index in [1.807, 2.05) is 0 Å². The fraction of sp³-hybridized carbons (Fsp3) is 0.667. The first kappa shape index (κ1) is 19.0. The molecule has 1 N–H and O–H groups in total. The van der Waals surface area contributed by atoms with Gasteiger partial charge < -0.3 is 10.2 Å². The van der Waals surface area contributed by atoms with Gasteiger partial charge in [-0.05, 0) is 51.1 Å². The van der Waals surface area contributed by atoms with Crippen LogP contribution < -0.4 is 5.32 Å². The molecule has 3 heteroatoms. The zero-order valence-electron chi connectivity index (χ0n) is 15.6. The van der Waals surface area contributed by atoms with Crippen molar-refractivity contribution in [3.8, 4) is 0 Å². The van der Waals surface area contributed by atoms with Crippen LogP contribution in [-0.2, 0) is 11.2 Å². The summed E-state index contributed by atoms with van der Waals surface area (Å²) in [5, 5.41) is 3.46. The molecule has 1 aromatic carbocycles. The van der Waals surface area contributed by atoms with Crippen molar-refractivity contribution in [3.05, 3.63) is 35.9 Å². The third-order valence-corrected chi connectivity index (χ3v) is 5.10. The van der Waals surface area contributed by atoms with E-state index in [4.69, 9.17) is 0 Å². The number of benzene rings is 1. The molecule has 1 heterocycles. The van der Waals surface area contributed by atoms with Gasteiger partial charge in [0.2, 0.25) is 5.91 Å². The zero-order chi connectivity index (χ0) is 17.4. The summed E-state index contributed by atoms with van der Waals surface area (Å²) in [5.41, 5.74) is 1.34. The first-order valence-corrected chi connectivity index (χ1v) is 9.73. The quantitative estimate of drug-likeness (QED) is 0.780. The molecule has 0 spiro atoms. The summed E-state index contributed by atoms with van der Waals surface area (Å²) in [6.45, 7) is 8.44. The number of rotatable bonds is 8. The molecule has 0 saturated carbocycles. The number of nitrogens with zero attached hydrogens (tertiary/aromatic N) is 1. The van der Waals surface area contributed by atoms with Crippen molar-refractivity contribution in [3.63, 3.8) is 0 Å². The van der Waals surface area contributed by atoms with Crippen LogP contribution in [0.15, 0.2) is 30.3 Å². The standard InChI is InChI=1S/C21H34N2O/c1-4-9-20(16-18-10-7-6-8-11-18)23(14-5-2)21(24)19-12-13-22-17(3)15-19/h6-8,10-11,17,19-20,22H,4-5,9,12-16H2,1-3H3/t17-,19-,20?/m0/s1. The minimum atomic E-state index is 0.197. The Kier molecular flexibility index (Phi) is 7.77. The predicted octanol–water partition coefficient (Wildman–Crippen LogP) is 4.02. The predicted molar refractivity (Wildman–Crippen MR) is 101 cm³/mol. The topological polar surface area (TPSA) is 32.3 Å². The SMILES string of the molecule is CCCC(Cc1ccccc1)N(CCC)C(=O)[C@H]1CCN[C@@H](C)C1. The second kappa shape index (κ2) is 9.83. The van der Waals surface area contributed by atoms with Crippen molar-refractivity contribution in [1.29, 1.82) is 0 Å². The molecule has 24 heavy (non-hydrogen) atoms. The van der Waals surface area contributed by atoms with E-state index in [0.29, 0.717) is 18.0 Å². The molecule has 1 amide bonds. The van der Waals surface area contributed by atoms with Crippen LogP contribution in [0.1, 0.15) is 58.4 Å². The van der Waals surface area contributed by atoms with Crippen molar-refractivity contribution in [2.24, 2.45) is 5.92 Å². The van der Waals surface area contributed by atoms with Gasteiger partial charge in [0, 0.05) is 24.5 Å². The first-order valence-electron chi connectivity index (χ1n) is 9.73. The Balaban J connectivity index is 2.12. The monoisotopic (exact) mass is 330 g/mol. The third kappa shape index (κ3) is 5.34. The molecule has 2 rings (SSSR count). The van der Waals surface area contributed by atoms with Crippen LogP contribution in [0.25, 0.3) is 0 Å². The van der Waals surface area contributed by atoms with Crippen molar-refractivity contribution < 1.29 is 4.79 Å².